The van der Waals surface area contributed by atoms with Crippen molar-refractivity contribution in [2.24, 2.45) is 11.8 Å². The zero-order chi connectivity index (χ0) is 23.5. The van der Waals surface area contributed by atoms with E-state index in [-0.39, 0.29) is 29.0 Å². The normalized spacial score (nSPS) is 20.6. The zero-order valence-electron chi connectivity index (χ0n) is 19.2. The van der Waals surface area contributed by atoms with Crippen LogP contribution in [0.15, 0.2) is 46.3 Å². The average molecular weight is 484 g/mol. The highest BCUT2D eigenvalue weighted by Crippen LogP contribution is 2.39. The number of aromatic nitrogens is 2. The molecular weight excluding hydrogens is 454 g/mol. The van der Waals surface area contributed by atoms with Crippen LogP contribution in [-0.4, -0.2) is 27.0 Å². The molecule has 6 nitrogen and oxygen atoms in total. The van der Waals surface area contributed by atoms with Crippen molar-refractivity contribution in [1.29, 1.82) is 0 Å². The molecule has 0 bridgehead atoms. The molecule has 1 aromatic carbocycles. The summed E-state index contributed by atoms with van der Waals surface area (Å²) in [4.78, 5) is 44.0. The molecule has 2 aromatic heterocycles. The Bertz CT molecular complexity index is 1230. The highest BCUT2D eigenvalue weighted by Gasteiger charge is 2.31. The molecular formula is C25H29N3O3S2. The quantitative estimate of drug-likeness (QED) is 0.288. The van der Waals surface area contributed by atoms with Crippen LogP contribution in [0.25, 0.3) is 10.9 Å². The summed E-state index contributed by atoms with van der Waals surface area (Å²) < 4.78 is 1.86. The van der Waals surface area contributed by atoms with Crippen LogP contribution >= 0.6 is 23.1 Å². The third-order valence-electron chi connectivity index (χ3n) is 6.55. The molecule has 0 radical (unpaired) electrons. The Morgan fingerprint density at radius 1 is 1.18 bits per heavy atom. The first-order valence-corrected chi connectivity index (χ1v) is 13.2. The van der Waals surface area contributed by atoms with Gasteiger partial charge in [0.25, 0.3) is 5.56 Å². The highest BCUT2D eigenvalue weighted by molar-refractivity contribution is 7.99. The number of carbonyl (C=O) groups is 2. The van der Waals surface area contributed by atoms with E-state index >= 15 is 0 Å². The number of benzene rings is 1. The summed E-state index contributed by atoms with van der Waals surface area (Å²) in [5, 5.41) is 4.00. The minimum absolute atomic E-state index is 0.00177. The van der Waals surface area contributed by atoms with Crippen LogP contribution in [0.1, 0.15) is 60.6 Å². The second-order valence-corrected chi connectivity index (χ2v) is 10.9. The monoisotopic (exact) mass is 483 g/mol. The van der Waals surface area contributed by atoms with E-state index in [2.05, 4.69) is 19.2 Å². The molecule has 0 spiro atoms. The molecule has 33 heavy (non-hydrogen) atoms. The van der Waals surface area contributed by atoms with Crippen molar-refractivity contribution in [3.05, 3.63) is 56.5 Å². The van der Waals surface area contributed by atoms with Crippen molar-refractivity contribution in [3.63, 3.8) is 0 Å². The number of para-hydroxylation sites is 1. The van der Waals surface area contributed by atoms with Crippen LogP contribution in [-0.2, 0) is 11.3 Å². The van der Waals surface area contributed by atoms with Gasteiger partial charge in [0.2, 0.25) is 5.91 Å². The Morgan fingerprint density at radius 2 is 1.97 bits per heavy atom. The molecule has 3 unspecified atom stereocenters. The number of hydrogen-bond acceptors (Lipinski definition) is 6. The first-order valence-electron chi connectivity index (χ1n) is 11.4. The molecule has 2 heterocycles. The lowest BCUT2D eigenvalue weighted by molar-refractivity contribution is -0.119. The second kappa shape index (κ2) is 10.2. The van der Waals surface area contributed by atoms with Crippen molar-refractivity contribution >= 4 is 45.7 Å². The summed E-state index contributed by atoms with van der Waals surface area (Å²) in [5.74, 6) is 1.01. The number of nitrogens with one attached hydrogen (secondary N) is 1. The van der Waals surface area contributed by atoms with E-state index in [4.69, 9.17) is 4.98 Å². The van der Waals surface area contributed by atoms with Crippen LogP contribution in [0.5, 0.6) is 0 Å². The van der Waals surface area contributed by atoms with Gasteiger partial charge in [-0.3, -0.25) is 19.0 Å². The Hall–Kier alpha value is -2.45. The Labute approximate surface area is 201 Å². The molecule has 3 atom stereocenters. The molecule has 0 aliphatic heterocycles. The number of hydrogen-bond donors (Lipinski definition) is 1. The molecule has 4 rings (SSSR count). The molecule has 1 fully saturated rings. The highest BCUT2D eigenvalue weighted by atomic mass is 32.2. The van der Waals surface area contributed by atoms with E-state index in [0.29, 0.717) is 39.3 Å². The third kappa shape index (κ3) is 5.22. The molecule has 1 N–H and O–H groups in total. The van der Waals surface area contributed by atoms with E-state index in [0.717, 1.165) is 17.7 Å². The van der Waals surface area contributed by atoms with Crippen LogP contribution in [0.4, 0.5) is 0 Å². The molecule has 0 saturated heterocycles. The fraction of sp³-hybridized carbons (Fsp3) is 0.440. The number of thiophene rings is 1. The van der Waals surface area contributed by atoms with Gasteiger partial charge in [0, 0.05) is 17.8 Å². The van der Waals surface area contributed by atoms with Gasteiger partial charge in [-0.15, -0.1) is 11.3 Å². The smallest absolute Gasteiger partial charge is 0.262 e. The van der Waals surface area contributed by atoms with Gasteiger partial charge < -0.3 is 5.32 Å². The van der Waals surface area contributed by atoms with Crippen LogP contribution in [0, 0.1) is 11.8 Å². The molecule has 8 heteroatoms. The summed E-state index contributed by atoms with van der Waals surface area (Å²) in [6.45, 7) is 6.37. The molecule has 1 aliphatic carbocycles. The maximum atomic E-state index is 13.5. The van der Waals surface area contributed by atoms with Gasteiger partial charge in [-0.25, -0.2) is 4.98 Å². The van der Waals surface area contributed by atoms with Crippen molar-refractivity contribution in [2.75, 3.05) is 5.75 Å². The molecule has 174 valence electrons. The summed E-state index contributed by atoms with van der Waals surface area (Å²) in [6, 6.07) is 11.2. The van der Waals surface area contributed by atoms with E-state index < -0.39 is 0 Å². The van der Waals surface area contributed by atoms with Crippen LogP contribution in [0.3, 0.4) is 0 Å². The fourth-order valence-corrected chi connectivity index (χ4v) is 6.39. The van der Waals surface area contributed by atoms with Gasteiger partial charge in [-0.05, 0) is 42.5 Å². The fourth-order valence-electron chi connectivity index (χ4n) is 4.47. The summed E-state index contributed by atoms with van der Waals surface area (Å²) in [7, 11) is 0. The predicted molar refractivity (Wildman–Crippen MR) is 134 cm³/mol. The maximum absolute atomic E-state index is 13.5. The minimum Gasteiger partial charge on any atom is -0.351 e. The van der Waals surface area contributed by atoms with Crippen LogP contribution in [0.2, 0.25) is 0 Å². The van der Waals surface area contributed by atoms with Gasteiger partial charge in [-0.2, -0.15) is 0 Å². The number of carbonyl (C=O) groups excluding carboxylic acids is 2. The second-order valence-electron chi connectivity index (χ2n) is 8.81. The lowest BCUT2D eigenvalue weighted by Crippen LogP contribution is -2.35. The van der Waals surface area contributed by atoms with E-state index in [1.165, 1.54) is 36.4 Å². The number of nitrogens with zero attached hydrogens (tertiary/aromatic N) is 2. The van der Waals surface area contributed by atoms with E-state index in [1.807, 2.05) is 34.9 Å². The van der Waals surface area contributed by atoms with Crippen molar-refractivity contribution < 1.29 is 9.59 Å². The van der Waals surface area contributed by atoms with E-state index in [9.17, 15) is 14.4 Å². The Morgan fingerprint density at radius 3 is 2.76 bits per heavy atom. The SMILES string of the molecule is CC(=O)NCc1ccc(C(=O)CSc2nc3ccccc3c(=O)n2C2CCCC(C)C2C)s1. The van der Waals surface area contributed by atoms with Gasteiger partial charge in [0.1, 0.15) is 0 Å². The third-order valence-corrected chi connectivity index (χ3v) is 8.63. The number of Topliss-reactive ketones (excluding diaryl/α,β-unsaturated/α-hetero) is 1. The number of rotatable bonds is 7. The zero-order valence-corrected chi connectivity index (χ0v) is 20.8. The number of ketones is 1. The van der Waals surface area contributed by atoms with E-state index in [1.54, 1.807) is 6.07 Å². The average Bonchev–Trinajstić information content (AvgIpc) is 3.28. The Balaban J connectivity index is 1.61. The molecule has 1 amide bonds. The lowest BCUT2D eigenvalue weighted by atomic mass is 9.78. The number of amides is 1. The van der Waals surface area contributed by atoms with Crippen molar-refractivity contribution in [3.8, 4) is 0 Å². The van der Waals surface area contributed by atoms with Gasteiger partial charge in [0.15, 0.2) is 10.9 Å². The summed E-state index contributed by atoms with van der Waals surface area (Å²) in [6.07, 6.45) is 3.21. The molecule has 1 aliphatic rings. The largest absolute Gasteiger partial charge is 0.351 e. The predicted octanol–water partition coefficient (Wildman–Crippen LogP) is 5.07. The van der Waals surface area contributed by atoms with Crippen molar-refractivity contribution in [2.45, 2.75) is 57.8 Å². The maximum Gasteiger partial charge on any atom is 0.262 e. The minimum atomic E-state index is -0.0987. The van der Waals surface area contributed by atoms with Gasteiger partial charge in [-0.1, -0.05) is 50.6 Å². The molecule has 1 saturated carbocycles. The first-order chi connectivity index (χ1) is 15.8. The lowest BCUT2D eigenvalue weighted by Gasteiger charge is -2.36. The van der Waals surface area contributed by atoms with Gasteiger partial charge in [0.05, 0.1) is 28.1 Å². The number of thioether (sulfide) groups is 1. The number of fused-ring (bicyclic) bond motifs is 1. The van der Waals surface area contributed by atoms with Crippen LogP contribution < -0.4 is 10.9 Å². The topological polar surface area (TPSA) is 81.1 Å². The Kier molecular flexibility index (Phi) is 7.34. The first kappa shape index (κ1) is 23.7. The summed E-state index contributed by atoms with van der Waals surface area (Å²) >= 11 is 2.73. The van der Waals surface area contributed by atoms with Crippen molar-refractivity contribution in [1.82, 2.24) is 14.9 Å². The molecule has 3 aromatic rings. The standard InChI is InChI=1S/C25H29N3O3S2/c1-15-7-6-10-21(16(15)2)28-24(31)19-8-4-5-9-20(19)27-25(28)32-14-22(30)23-12-11-18(33-23)13-26-17(3)29/h4-5,8-9,11-12,15-16,21H,6-7,10,13-14H2,1-3H3,(H,26,29). The van der Waals surface area contributed by atoms with Gasteiger partial charge >= 0.3 is 0 Å². The summed E-state index contributed by atoms with van der Waals surface area (Å²) in [5.41, 5.74) is 0.647.